The lowest BCUT2D eigenvalue weighted by atomic mass is 9.77. The number of esters is 1. The largest absolute Gasteiger partial charge is 0.479 e. The summed E-state index contributed by atoms with van der Waals surface area (Å²) in [4.78, 5) is 46.4. The molecule has 3 heterocycles. The van der Waals surface area contributed by atoms with Gasteiger partial charge in [-0.15, -0.1) is 0 Å². The Balaban J connectivity index is 1.14. The Morgan fingerprint density at radius 1 is 1.02 bits per heavy atom. The number of carbonyl (C=O) groups is 3. The first-order valence-electron chi connectivity index (χ1n) is 13.4. The van der Waals surface area contributed by atoms with Gasteiger partial charge in [-0.05, 0) is 55.2 Å². The van der Waals surface area contributed by atoms with E-state index in [1.807, 2.05) is 24.3 Å². The number of ether oxygens (including phenoxy) is 3. The van der Waals surface area contributed by atoms with Crippen LogP contribution in [0.1, 0.15) is 53.9 Å². The first-order valence-corrected chi connectivity index (χ1v) is 13.4. The number of carbonyl (C=O) groups excluding carboxylic acids is 2. The molecule has 0 unspecified atom stereocenters. The molecular formula is C27H32N4O10. The number of aromatic nitrogens is 2. The maximum Gasteiger partial charge on any atom is 0.335 e. The second-order valence-electron chi connectivity index (χ2n) is 10.5. The number of aliphatic carboxylic acids is 1. The number of rotatable bonds is 6. The molecule has 1 aromatic carbocycles. The molecule has 1 saturated heterocycles. The van der Waals surface area contributed by atoms with Crippen LogP contribution in [0.15, 0.2) is 30.6 Å². The Morgan fingerprint density at radius 2 is 1.73 bits per heavy atom. The van der Waals surface area contributed by atoms with Crippen molar-refractivity contribution in [3.63, 3.8) is 0 Å². The zero-order chi connectivity index (χ0) is 29.3. The van der Waals surface area contributed by atoms with Crippen molar-refractivity contribution in [2.75, 3.05) is 23.8 Å². The number of benzene rings is 1. The van der Waals surface area contributed by atoms with E-state index in [-0.39, 0.29) is 48.0 Å². The molecule has 2 aliphatic heterocycles. The van der Waals surface area contributed by atoms with Crippen molar-refractivity contribution in [2.45, 2.75) is 68.7 Å². The Bertz CT molecular complexity index is 1280. The van der Waals surface area contributed by atoms with Gasteiger partial charge in [-0.25, -0.2) is 14.8 Å². The van der Waals surface area contributed by atoms with Gasteiger partial charge >= 0.3 is 11.9 Å². The van der Waals surface area contributed by atoms with Gasteiger partial charge in [0, 0.05) is 12.1 Å². The Morgan fingerprint density at radius 3 is 2.41 bits per heavy atom. The SMILES string of the molecule is Nc1ncnc2c1C(=O)N(c1ccc(C3CCC(CC(=O)O[C@@H]4O[C@H](C(=O)O)[C@@H](O)[C@H](O)[C@H]4O)CC3)cc1)CCO2. The number of aliphatic hydroxyl groups excluding tert-OH is 3. The van der Waals surface area contributed by atoms with E-state index >= 15 is 0 Å². The van der Waals surface area contributed by atoms with E-state index in [1.54, 1.807) is 4.90 Å². The van der Waals surface area contributed by atoms with E-state index in [4.69, 9.17) is 25.1 Å². The number of aliphatic hydroxyl groups is 3. The highest BCUT2D eigenvalue weighted by Crippen LogP contribution is 2.38. The van der Waals surface area contributed by atoms with Gasteiger partial charge in [0.2, 0.25) is 12.2 Å². The monoisotopic (exact) mass is 572 g/mol. The van der Waals surface area contributed by atoms with Gasteiger partial charge < -0.3 is 45.3 Å². The molecule has 5 atom stereocenters. The van der Waals surface area contributed by atoms with Crippen LogP contribution in [-0.4, -0.2) is 92.1 Å². The van der Waals surface area contributed by atoms with Crippen molar-refractivity contribution in [1.82, 2.24) is 9.97 Å². The summed E-state index contributed by atoms with van der Waals surface area (Å²) >= 11 is 0. The Kier molecular flexibility index (Phi) is 8.35. The molecule has 2 fully saturated rings. The van der Waals surface area contributed by atoms with Crippen LogP contribution in [0.25, 0.3) is 0 Å². The number of carboxylic acids is 1. The third-order valence-electron chi connectivity index (χ3n) is 7.89. The average Bonchev–Trinajstić information content (AvgIpc) is 3.13. The van der Waals surface area contributed by atoms with Gasteiger partial charge in [0.05, 0.1) is 6.54 Å². The lowest BCUT2D eigenvalue weighted by molar-refractivity contribution is -0.286. The molecule has 220 valence electrons. The van der Waals surface area contributed by atoms with Gasteiger partial charge in [0.1, 0.15) is 42.6 Å². The predicted octanol–water partition coefficient (Wildman–Crippen LogP) is 0.197. The van der Waals surface area contributed by atoms with Crippen molar-refractivity contribution in [1.29, 1.82) is 0 Å². The third-order valence-corrected chi connectivity index (χ3v) is 7.89. The zero-order valence-corrected chi connectivity index (χ0v) is 22.0. The molecule has 41 heavy (non-hydrogen) atoms. The number of nitrogen functional groups attached to an aromatic ring is 1. The smallest absolute Gasteiger partial charge is 0.335 e. The van der Waals surface area contributed by atoms with Crippen LogP contribution in [0.3, 0.4) is 0 Å². The molecule has 14 heteroatoms. The highest BCUT2D eigenvalue weighted by Gasteiger charge is 2.48. The van der Waals surface area contributed by atoms with Crippen LogP contribution in [0.4, 0.5) is 11.5 Å². The summed E-state index contributed by atoms with van der Waals surface area (Å²) in [6.45, 7) is 0.590. The standard InChI is InChI=1S/C27H32N4O10/c28-23-18-24(30-12-29-23)39-10-9-31(25(18)36)16-7-5-15(6-8-16)14-3-1-13(2-4-14)11-17(32)40-27-21(35)19(33)20(34)22(41-27)26(37)38/h5-8,12-14,19-22,27,33-35H,1-4,9-11H2,(H,37,38)(H2,28,29,30)/t13?,14?,19-,20-,21+,22-,27+/m0/s1. The minimum Gasteiger partial charge on any atom is -0.479 e. The minimum absolute atomic E-state index is 0.0204. The average molecular weight is 573 g/mol. The molecule has 1 aromatic heterocycles. The van der Waals surface area contributed by atoms with Crippen molar-refractivity contribution in [3.05, 3.63) is 41.7 Å². The molecule has 14 nitrogen and oxygen atoms in total. The number of hydrogen-bond donors (Lipinski definition) is 5. The molecule has 1 amide bonds. The summed E-state index contributed by atoms with van der Waals surface area (Å²) < 4.78 is 15.7. The highest BCUT2D eigenvalue weighted by atomic mass is 16.7. The van der Waals surface area contributed by atoms with Crippen LogP contribution < -0.4 is 15.4 Å². The molecule has 1 aliphatic carbocycles. The van der Waals surface area contributed by atoms with Crippen molar-refractivity contribution in [3.8, 4) is 5.88 Å². The summed E-state index contributed by atoms with van der Waals surface area (Å²) in [7, 11) is 0. The first kappa shape index (κ1) is 28.7. The van der Waals surface area contributed by atoms with Crippen LogP contribution in [0, 0.1) is 5.92 Å². The maximum atomic E-state index is 13.2. The molecule has 0 bridgehead atoms. The summed E-state index contributed by atoms with van der Waals surface area (Å²) in [5, 5.41) is 38.9. The van der Waals surface area contributed by atoms with E-state index in [1.165, 1.54) is 6.33 Å². The summed E-state index contributed by atoms with van der Waals surface area (Å²) in [6, 6.07) is 7.74. The highest BCUT2D eigenvalue weighted by molar-refractivity contribution is 6.10. The molecule has 6 N–H and O–H groups in total. The van der Waals surface area contributed by atoms with Crippen molar-refractivity contribution >= 4 is 29.4 Å². The van der Waals surface area contributed by atoms with E-state index in [0.717, 1.165) is 31.2 Å². The molecular weight excluding hydrogens is 540 g/mol. The van der Waals surface area contributed by atoms with E-state index in [0.29, 0.717) is 12.2 Å². The molecule has 5 rings (SSSR count). The molecule has 0 spiro atoms. The summed E-state index contributed by atoms with van der Waals surface area (Å²) in [6.07, 6.45) is -4.56. The van der Waals surface area contributed by atoms with Crippen molar-refractivity contribution < 1.29 is 49.0 Å². The van der Waals surface area contributed by atoms with Crippen LogP contribution in [0.5, 0.6) is 5.88 Å². The molecule has 3 aliphatic rings. The second-order valence-corrected chi connectivity index (χ2v) is 10.5. The topological polar surface area (TPSA) is 215 Å². The number of hydrogen-bond acceptors (Lipinski definition) is 12. The fraction of sp³-hybridized carbons (Fsp3) is 0.519. The minimum atomic E-state index is -1.86. The zero-order valence-electron chi connectivity index (χ0n) is 22.0. The predicted molar refractivity (Wildman–Crippen MR) is 140 cm³/mol. The van der Waals surface area contributed by atoms with Crippen LogP contribution >= 0.6 is 0 Å². The quantitative estimate of drug-likeness (QED) is 0.293. The lowest BCUT2D eigenvalue weighted by Gasteiger charge is -2.38. The van der Waals surface area contributed by atoms with E-state index in [2.05, 4.69) is 9.97 Å². The first-order chi connectivity index (χ1) is 19.6. The number of anilines is 2. The van der Waals surface area contributed by atoms with Gasteiger partial charge in [0.15, 0.2) is 6.10 Å². The molecule has 0 radical (unpaired) electrons. The Hall–Kier alpha value is -3.85. The lowest BCUT2D eigenvalue weighted by Crippen LogP contribution is -2.60. The number of fused-ring (bicyclic) bond motifs is 1. The summed E-state index contributed by atoms with van der Waals surface area (Å²) in [5.74, 6) is -2.04. The summed E-state index contributed by atoms with van der Waals surface area (Å²) in [5.41, 5.74) is 7.88. The maximum absolute atomic E-state index is 13.2. The van der Waals surface area contributed by atoms with Crippen LogP contribution in [0.2, 0.25) is 0 Å². The van der Waals surface area contributed by atoms with E-state index in [9.17, 15) is 29.7 Å². The van der Waals surface area contributed by atoms with E-state index < -0.39 is 42.6 Å². The van der Waals surface area contributed by atoms with Gasteiger partial charge in [-0.3, -0.25) is 9.59 Å². The Labute approximate surface area is 234 Å². The third kappa shape index (κ3) is 5.95. The normalized spacial score (nSPS) is 30.1. The molecule has 1 saturated carbocycles. The number of nitrogens with two attached hydrogens (primary N) is 1. The second kappa shape index (κ2) is 11.9. The fourth-order valence-electron chi connectivity index (χ4n) is 5.60. The van der Waals surface area contributed by atoms with Gasteiger partial charge in [-0.2, -0.15) is 0 Å². The van der Waals surface area contributed by atoms with Gasteiger partial charge in [0.25, 0.3) is 5.91 Å². The number of amides is 1. The van der Waals surface area contributed by atoms with Gasteiger partial charge in [-0.1, -0.05) is 12.1 Å². The number of carboxylic acid groups (broad SMARTS) is 1. The fourth-order valence-corrected chi connectivity index (χ4v) is 5.60. The van der Waals surface area contributed by atoms with Crippen molar-refractivity contribution in [2.24, 2.45) is 5.92 Å². The number of nitrogens with zero attached hydrogens (tertiary/aromatic N) is 3. The molecule has 2 aromatic rings. The van der Waals surface area contributed by atoms with Crippen LogP contribution in [-0.2, 0) is 19.1 Å².